The molecule has 0 aromatic heterocycles. The summed E-state index contributed by atoms with van der Waals surface area (Å²) in [6.45, 7) is 13.5. The van der Waals surface area contributed by atoms with Crippen LogP contribution in [0.15, 0.2) is 48.5 Å². The predicted octanol–water partition coefficient (Wildman–Crippen LogP) is 5.88. The zero-order valence-electron chi connectivity index (χ0n) is 14.2. The summed E-state index contributed by atoms with van der Waals surface area (Å²) in [6, 6.07) is 17.7. The molecule has 0 heteroatoms. The fraction of sp³-hybridized carbons (Fsp3) is 0.381. The van der Waals surface area contributed by atoms with Gasteiger partial charge in [0.15, 0.2) is 0 Å². The van der Waals surface area contributed by atoms with Crippen LogP contribution in [0.3, 0.4) is 0 Å². The van der Waals surface area contributed by atoms with E-state index in [0.717, 1.165) is 0 Å². The molecule has 0 spiro atoms. The van der Waals surface area contributed by atoms with Gasteiger partial charge in [0.25, 0.3) is 0 Å². The summed E-state index contributed by atoms with van der Waals surface area (Å²) in [6.07, 6.45) is 2.27. The highest BCUT2D eigenvalue weighted by molar-refractivity contribution is 5.42. The molecule has 111 valence electrons. The third-order valence-electron chi connectivity index (χ3n) is 3.84. The van der Waals surface area contributed by atoms with Gasteiger partial charge in [-0.05, 0) is 33.1 Å². The molecule has 0 saturated heterocycles. The zero-order chi connectivity index (χ0) is 15.7. The molecule has 0 aliphatic heterocycles. The normalized spacial score (nSPS) is 12.5. The molecule has 0 atom stereocenters. The second kappa shape index (κ2) is 5.67. The Bertz CT molecular complexity index is 551. The van der Waals surface area contributed by atoms with Crippen LogP contribution in [0.4, 0.5) is 0 Å². The maximum Gasteiger partial charge on any atom is 0.0199 e. The van der Waals surface area contributed by atoms with Crippen LogP contribution in [0.5, 0.6) is 0 Å². The van der Waals surface area contributed by atoms with Crippen molar-refractivity contribution < 1.29 is 0 Å². The Morgan fingerprint density at radius 2 is 1.00 bits per heavy atom. The first-order valence-electron chi connectivity index (χ1n) is 7.72. The standard InChI is InChI=1S/C21H27/c1-20(2,3)18-11-7-9-16(14-18)13-17-10-8-12-19(15-17)21(4,5)6/h7-15H,1-6H3. The van der Waals surface area contributed by atoms with Crippen LogP contribution in [0.25, 0.3) is 0 Å². The topological polar surface area (TPSA) is 0 Å². The highest BCUT2D eigenvalue weighted by Crippen LogP contribution is 2.26. The van der Waals surface area contributed by atoms with Crippen LogP contribution in [-0.4, -0.2) is 0 Å². The van der Waals surface area contributed by atoms with Gasteiger partial charge >= 0.3 is 0 Å². The van der Waals surface area contributed by atoms with Gasteiger partial charge in [0.05, 0.1) is 0 Å². The molecule has 0 bridgehead atoms. The predicted molar refractivity (Wildman–Crippen MR) is 92.8 cm³/mol. The summed E-state index contributed by atoms with van der Waals surface area (Å²) in [7, 11) is 0. The van der Waals surface area contributed by atoms with E-state index in [1.54, 1.807) is 0 Å². The smallest absolute Gasteiger partial charge is 0.0199 e. The Morgan fingerprint density at radius 3 is 1.33 bits per heavy atom. The van der Waals surface area contributed by atoms with Gasteiger partial charge in [-0.15, -0.1) is 0 Å². The van der Waals surface area contributed by atoms with Crippen LogP contribution >= 0.6 is 0 Å². The summed E-state index contributed by atoms with van der Waals surface area (Å²) in [5.41, 5.74) is 5.68. The van der Waals surface area contributed by atoms with Crippen LogP contribution in [0.2, 0.25) is 0 Å². The van der Waals surface area contributed by atoms with E-state index >= 15 is 0 Å². The molecular formula is C21H27. The molecule has 2 aromatic rings. The second-order valence-corrected chi connectivity index (χ2v) is 7.90. The average molecular weight is 279 g/mol. The van der Waals surface area contributed by atoms with Crippen LogP contribution in [0, 0.1) is 6.42 Å². The summed E-state index contributed by atoms with van der Waals surface area (Å²) >= 11 is 0. The first kappa shape index (κ1) is 15.8. The molecule has 0 N–H and O–H groups in total. The van der Waals surface area contributed by atoms with E-state index in [0.29, 0.717) is 0 Å². The summed E-state index contributed by atoms with van der Waals surface area (Å²) in [5, 5.41) is 0. The Hall–Kier alpha value is -1.56. The number of hydrogen-bond acceptors (Lipinski definition) is 0. The van der Waals surface area contributed by atoms with Gasteiger partial charge in [-0.25, -0.2) is 0 Å². The van der Waals surface area contributed by atoms with Gasteiger partial charge in [-0.3, -0.25) is 0 Å². The van der Waals surface area contributed by atoms with Crippen LogP contribution in [0.1, 0.15) is 63.8 Å². The van der Waals surface area contributed by atoms with Crippen molar-refractivity contribution in [1.29, 1.82) is 0 Å². The minimum absolute atomic E-state index is 0.192. The number of rotatable bonds is 2. The maximum atomic E-state index is 2.30. The summed E-state index contributed by atoms with van der Waals surface area (Å²) in [5.74, 6) is 0. The Labute approximate surface area is 130 Å². The molecular weight excluding hydrogens is 252 g/mol. The lowest BCUT2D eigenvalue weighted by molar-refractivity contribution is 0.589. The molecule has 0 nitrogen and oxygen atoms in total. The minimum Gasteiger partial charge on any atom is -0.0617 e. The highest BCUT2D eigenvalue weighted by atomic mass is 14.2. The third-order valence-corrected chi connectivity index (χ3v) is 3.84. The van der Waals surface area contributed by atoms with Crippen molar-refractivity contribution in [3.05, 3.63) is 77.2 Å². The monoisotopic (exact) mass is 279 g/mol. The lowest BCUT2D eigenvalue weighted by Gasteiger charge is -2.21. The molecule has 21 heavy (non-hydrogen) atoms. The van der Waals surface area contributed by atoms with Crippen molar-refractivity contribution in [3.8, 4) is 0 Å². The van der Waals surface area contributed by atoms with Crippen molar-refractivity contribution in [2.45, 2.75) is 52.4 Å². The first-order chi connectivity index (χ1) is 9.66. The van der Waals surface area contributed by atoms with Gasteiger partial charge in [-0.2, -0.15) is 0 Å². The minimum atomic E-state index is 0.192. The number of benzene rings is 2. The zero-order valence-corrected chi connectivity index (χ0v) is 14.2. The van der Waals surface area contributed by atoms with Crippen molar-refractivity contribution in [2.75, 3.05) is 0 Å². The van der Waals surface area contributed by atoms with E-state index in [1.165, 1.54) is 22.3 Å². The SMILES string of the molecule is CC(C)(C)c1cccc([CH]c2cccc(C(C)(C)C)c2)c1. The highest BCUT2D eigenvalue weighted by Gasteiger charge is 2.15. The van der Waals surface area contributed by atoms with E-state index in [4.69, 9.17) is 0 Å². The summed E-state index contributed by atoms with van der Waals surface area (Å²) < 4.78 is 0. The molecule has 1 radical (unpaired) electrons. The number of hydrogen-bond donors (Lipinski definition) is 0. The van der Waals surface area contributed by atoms with E-state index in [2.05, 4.69) is 96.5 Å². The Morgan fingerprint density at radius 1 is 0.619 bits per heavy atom. The van der Waals surface area contributed by atoms with Crippen molar-refractivity contribution in [1.82, 2.24) is 0 Å². The molecule has 0 aliphatic carbocycles. The van der Waals surface area contributed by atoms with Gasteiger partial charge in [0.1, 0.15) is 0 Å². The van der Waals surface area contributed by atoms with Gasteiger partial charge in [-0.1, -0.05) is 90.1 Å². The fourth-order valence-corrected chi connectivity index (χ4v) is 2.38. The Kier molecular flexibility index (Phi) is 4.27. The summed E-state index contributed by atoms with van der Waals surface area (Å²) in [4.78, 5) is 0. The van der Waals surface area contributed by atoms with Gasteiger partial charge in [0.2, 0.25) is 0 Å². The van der Waals surface area contributed by atoms with Gasteiger partial charge < -0.3 is 0 Å². The molecule has 0 saturated carbocycles. The maximum absolute atomic E-state index is 2.30. The Balaban J connectivity index is 2.27. The van der Waals surface area contributed by atoms with Gasteiger partial charge in [0, 0.05) is 6.42 Å². The average Bonchev–Trinajstić information content (AvgIpc) is 2.37. The molecule has 0 amide bonds. The van der Waals surface area contributed by atoms with Crippen LogP contribution < -0.4 is 0 Å². The lowest BCUT2D eigenvalue weighted by atomic mass is 9.84. The third kappa shape index (κ3) is 4.20. The molecule has 0 unspecified atom stereocenters. The second-order valence-electron chi connectivity index (χ2n) is 7.90. The van der Waals surface area contributed by atoms with E-state index < -0.39 is 0 Å². The fourth-order valence-electron chi connectivity index (χ4n) is 2.38. The van der Waals surface area contributed by atoms with Crippen molar-refractivity contribution in [3.63, 3.8) is 0 Å². The molecule has 0 aliphatic rings. The molecule has 2 aromatic carbocycles. The van der Waals surface area contributed by atoms with Crippen molar-refractivity contribution >= 4 is 0 Å². The molecule has 2 rings (SSSR count). The van der Waals surface area contributed by atoms with E-state index in [9.17, 15) is 0 Å². The lowest BCUT2D eigenvalue weighted by Crippen LogP contribution is -2.11. The largest absolute Gasteiger partial charge is 0.0617 e. The first-order valence-corrected chi connectivity index (χ1v) is 7.72. The molecule has 0 fully saturated rings. The molecule has 0 heterocycles. The quantitative estimate of drug-likeness (QED) is 0.643. The van der Waals surface area contributed by atoms with E-state index in [1.807, 2.05) is 0 Å². The van der Waals surface area contributed by atoms with Crippen LogP contribution in [-0.2, 0) is 10.8 Å². The van der Waals surface area contributed by atoms with E-state index in [-0.39, 0.29) is 10.8 Å². The van der Waals surface area contributed by atoms with Crippen molar-refractivity contribution in [2.24, 2.45) is 0 Å².